The topological polar surface area (TPSA) is 86.8 Å². The average Bonchev–Trinajstić information content (AvgIpc) is 3.33. The maximum atomic E-state index is 13.9. The van der Waals surface area contributed by atoms with Crippen LogP contribution in [0.3, 0.4) is 0 Å². The van der Waals surface area contributed by atoms with Gasteiger partial charge in [-0.05, 0) is 35.9 Å². The second-order valence-corrected chi connectivity index (χ2v) is 8.69. The molecule has 2 aliphatic heterocycles. The number of anilines is 1. The van der Waals surface area contributed by atoms with Gasteiger partial charge in [-0.2, -0.15) is 0 Å². The van der Waals surface area contributed by atoms with E-state index in [1.807, 2.05) is 6.07 Å². The Hall–Kier alpha value is -4.08. The third kappa shape index (κ3) is 3.84. The van der Waals surface area contributed by atoms with Gasteiger partial charge < -0.3 is 14.2 Å². The molecule has 0 unspecified atom stereocenters. The maximum Gasteiger partial charge on any atom is 0.413 e. The van der Waals surface area contributed by atoms with Gasteiger partial charge in [-0.1, -0.05) is 0 Å². The smallest absolute Gasteiger partial charge is 0.413 e. The van der Waals surface area contributed by atoms with Gasteiger partial charge in [0.15, 0.2) is 11.6 Å². The van der Waals surface area contributed by atoms with Crippen molar-refractivity contribution in [3.63, 3.8) is 0 Å². The van der Waals surface area contributed by atoms with Crippen LogP contribution in [0.1, 0.15) is 29.0 Å². The fourth-order valence-electron chi connectivity index (χ4n) is 4.72. The molecule has 3 atom stereocenters. The molecule has 1 saturated carbocycles. The number of carbonyl (C=O) groups is 2. The van der Waals surface area contributed by atoms with E-state index in [4.69, 9.17) is 14.2 Å². The molecule has 3 aliphatic rings. The van der Waals surface area contributed by atoms with Crippen molar-refractivity contribution in [2.45, 2.75) is 31.5 Å². The van der Waals surface area contributed by atoms with Crippen LogP contribution in [0, 0.1) is 23.4 Å². The number of carbonyl (C=O) groups excluding carboxylic acids is 2. The van der Waals surface area contributed by atoms with E-state index in [-0.39, 0.29) is 48.7 Å². The lowest BCUT2D eigenvalue weighted by Gasteiger charge is -2.19. The summed E-state index contributed by atoms with van der Waals surface area (Å²) in [4.78, 5) is 28.1. The fraction of sp³-hybridized carbons (Fsp3) is 0.240. The maximum absolute atomic E-state index is 13.9. The Morgan fingerprint density at radius 2 is 1.94 bits per heavy atom. The van der Waals surface area contributed by atoms with Crippen LogP contribution in [0.4, 0.5) is 23.8 Å². The number of ketones is 1. The van der Waals surface area contributed by atoms with E-state index in [1.54, 1.807) is 18.2 Å². The number of pyridine rings is 1. The number of aromatic nitrogens is 1. The van der Waals surface area contributed by atoms with Crippen molar-refractivity contribution in [1.29, 1.82) is 0 Å². The number of cyclic esters (lactones) is 1. The number of nitrogens with one attached hydrogen (secondary N) is 1. The number of hydrogen-bond acceptors (Lipinski definition) is 6. The van der Waals surface area contributed by atoms with Gasteiger partial charge in [-0.3, -0.25) is 10.1 Å². The van der Waals surface area contributed by atoms with Crippen LogP contribution in [0.15, 0.2) is 42.6 Å². The fourth-order valence-corrected chi connectivity index (χ4v) is 4.72. The lowest BCUT2D eigenvalue weighted by Crippen LogP contribution is -2.21. The van der Waals surface area contributed by atoms with Crippen LogP contribution in [-0.2, 0) is 22.6 Å². The first kappa shape index (κ1) is 21.5. The minimum absolute atomic E-state index is 0.0127. The van der Waals surface area contributed by atoms with E-state index in [9.17, 15) is 22.8 Å². The van der Waals surface area contributed by atoms with Gasteiger partial charge >= 0.3 is 6.09 Å². The molecular formula is C25H17F3N2O5. The van der Waals surface area contributed by atoms with Crippen LogP contribution in [0.5, 0.6) is 17.2 Å². The van der Waals surface area contributed by atoms with Gasteiger partial charge in [0.05, 0.1) is 5.56 Å². The Balaban J connectivity index is 1.15. The molecule has 35 heavy (non-hydrogen) atoms. The Labute approximate surface area is 196 Å². The minimum atomic E-state index is -1.29. The first-order valence-corrected chi connectivity index (χ1v) is 10.9. The summed E-state index contributed by atoms with van der Waals surface area (Å²) in [5, 5.41) is 2.52. The first-order valence-electron chi connectivity index (χ1n) is 10.9. The molecule has 1 aliphatic carbocycles. The summed E-state index contributed by atoms with van der Waals surface area (Å²) in [7, 11) is 0. The monoisotopic (exact) mass is 482 g/mol. The highest BCUT2D eigenvalue weighted by molar-refractivity contribution is 5.86. The molecule has 178 valence electrons. The number of rotatable bonds is 6. The highest BCUT2D eigenvalue weighted by Crippen LogP contribution is 2.60. The molecule has 2 aromatic carbocycles. The standard InChI is InChI=1S/C25H17F3N2O5/c26-17-9-19(28)18(27)6-11(17)5-12(31)7-15-22-14-8-13(1-2-20(14)35-23(15)22)34-21-3-4-29-24-16(21)10-33-25(32)30-24/h1-4,6,8-9,15,22-23H,5,7,10H2,(H,29,30,32)/t15-,22-,23+/m0/s1. The van der Waals surface area contributed by atoms with E-state index in [0.717, 1.165) is 11.6 Å². The molecule has 1 fully saturated rings. The van der Waals surface area contributed by atoms with E-state index in [2.05, 4.69) is 10.3 Å². The van der Waals surface area contributed by atoms with Crippen LogP contribution >= 0.6 is 0 Å². The van der Waals surface area contributed by atoms with Crippen molar-refractivity contribution >= 4 is 17.7 Å². The Bertz CT molecular complexity index is 1400. The number of hydrogen-bond donors (Lipinski definition) is 1. The predicted octanol–water partition coefficient (Wildman–Crippen LogP) is 5.03. The third-order valence-electron chi connectivity index (χ3n) is 6.45. The molecule has 1 amide bonds. The van der Waals surface area contributed by atoms with Crippen molar-refractivity contribution < 1.29 is 37.0 Å². The molecule has 0 spiro atoms. The summed E-state index contributed by atoms with van der Waals surface area (Å²) in [5.74, 6) is -1.69. The third-order valence-corrected chi connectivity index (χ3v) is 6.45. The number of benzene rings is 2. The van der Waals surface area contributed by atoms with Gasteiger partial charge in [0, 0.05) is 42.5 Å². The molecule has 3 aromatic rings. The molecule has 3 heterocycles. The zero-order valence-electron chi connectivity index (χ0n) is 18.0. The highest BCUT2D eigenvalue weighted by atomic mass is 19.2. The molecule has 6 rings (SSSR count). The molecule has 10 heteroatoms. The number of Topliss-reactive ketones (excluding diaryl/α,β-unsaturated/α-hetero) is 1. The largest absolute Gasteiger partial charge is 0.489 e. The molecule has 0 saturated heterocycles. The van der Waals surface area contributed by atoms with E-state index < -0.39 is 23.5 Å². The van der Waals surface area contributed by atoms with Gasteiger partial charge in [-0.15, -0.1) is 0 Å². The summed E-state index contributed by atoms with van der Waals surface area (Å²) in [6, 6.07) is 8.23. The van der Waals surface area contributed by atoms with Crippen LogP contribution in [0.2, 0.25) is 0 Å². The predicted molar refractivity (Wildman–Crippen MR) is 115 cm³/mol. The van der Waals surface area contributed by atoms with Crippen LogP contribution in [-0.4, -0.2) is 23.0 Å². The average molecular weight is 482 g/mol. The number of amides is 1. The van der Waals surface area contributed by atoms with Crippen molar-refractivity contribution in [1.82, 2.24) is 4.98 Å². The molecule has 0 bridgehead atoms. The summed E-state index contributed by atoms with van der Waals surface area (Å²) in [6.07, 6.45) is 0.583. The minimum Gasteiger partial charge on any atom is -0.489 e. The SMILES string of the molecule is O=C(Cc1cc(F)c(F)cc1F)C[C@@H]1[C@H]2Oc3ccc(Oc4ccnc5c4COC(=O)N5)cc3[C@@H]12. The van der Waals surface area contributed by atoms with Crippen LogP contribution < -0.4 is 14.8 Å². The number of nitrogens with zero attached hydrogens (tertiary/aromatic N) is 1. The second kappa shape index (κ2) is 8.00. The van der Waals surface area contributed by atoms with Crippen molar-refractivity contribution in [2.75, 3.05) is 5.32 Å². The Morgan fingerprint density at radius 1 is 1.11 bits per heavy atom. The van der Waals surface area contributed by atoms with Gasteiger partial charge in [0.25, 0.3) is 0 Å². The highest BCUT2D eigenvalue weighted by Gasteiger charge is 2.59. The molecule has 1 N–H and O–H groups in total. The Kier molecular flexibility index (Phi) is 4.91. The van der Waals surface area contributed by atoms with E-state index >= 15 is 0 Å². The number of ether oxygens (including phenoxy) is 3. The number of fused-ring (bicyclic) bond motifs is 4. The summed E-state index contributed by atoms with van der Waals surface area (Å²) in [5.41, 5.74) is 1.34. The van der Waals surface area contributed by atoms with Crippen molar-refractivity contribution in [2.24, 2.45) is 5.92 Å². The normalized spacial score (nSPS) is 21.1. The first-order chi connectivity index (χ1) is 16.9. The second-order valence-electron chi connectivity index (χ2n) is 8.69. The molecule has 1 aromatic heterocycles. The lowest BCUT2D eigenvalue weighted by molar-refractivity contribution is -0.119. The quantitative estimate of drug-likeness (QED) is 0.496. The van der Waals surface area contributed by atoms with Crippen molar-refractivity contribution in [3.8, 4) is 17.2 Å². The molecule has 0 radical (unpaired) electrons. The van der Waals surface area contributed by atoms with Gasteiger partial charge in [-0.25, -0.2) is 22.9 Å². The summed E-state index contributed by atoms with van der Waals surface area (Å²) < 4.78 is 57.4. The molecule has 7 nitrogen and oxygen atoms in total. The molecular weight excluding hydrogens is 465 g/mol. The van der Waals surface area contributed by atoms with Crippen LogP contribution in [0.25, 0.3) is 0 Å². The van der Waals surface area contributed by atoms with E-state index in [0.29, 0.717) is 34.7 Å². The van der Waals surface area contributed by atoms with E-state index in [1.165, 1.54) is 6.20 Å². The van der Waals surface area contributed by atoms with Crippen molar-refractivity contribution in [3.05, 3.63) is 76.7 Å². The zero-order chi connectivity index (χ0) is 24.3. The lowest BCUT2D eigenvalue weighted by atomic mass is 10.0. The summed E-state index contributed by atoms with van der Waals surface area (Å²) in [6.45, 7) is 0.0336. The van der Waals surface area contributed by atoms with Gasteiger partial charge in [0.1, 0.15) is 47.4 Å². The zero-order valence-corrected chi connectivity index (χ0v) is 18.0. The Morgan fingerprint density at radius 3 is 2.80 bits per heavy atom. The number of halogens is 3. The van der Waals surface area contributed by atoms with Gasteiger partial charge in [0.2, 0.25) is 0 Å². The summed E-state index contributed by atoms with van der Waals surface area (Å²) >= 11 is 0.